The Morgan fingerprint density at radius 3 is 2.25 bits per heavy atom. The van der Waals surface area contributed by atoms with E-state index in [1.54, 1.807) is 0 Å². The van der Waals surface area contributed by atoms with Crippen LogP contribution in [0.1, 0.15) is 71.8 Å². The zero-order chi connectivity index (χ0) is 17.7. The Kier molecular flexibility index (Phi) is 6.14. The third-order valence-corrected chi connectivity index (χ3v) is 4.39. The van der Waals surface area contributed by atoms with Crippen molar-refractivity contribution >= 4 is 11.8 Å². The average Bonchev–Trinajstić information content (AvgIpc) is 2.47. The van der Waals surface area contributed by atoms with Crippen molar-refractivity contribution in [3.05, 3.63) is 29.8 Å². The Morgan fingerprint density at radius 2 is 1.67 bits per heavy atom. The number of hydrogen-bond donors (Lipinski definition) is 2. The van der Waals surface area contributed by atoms with Gasteiger partial charge in [0, 0.05) is 17.8 Å². The van der Waals surface area contributed by atoms with Gasteiger partial charge in [-0.3, -0.25) is 0 Å². The summed E-state index contributed by atoms with van der Waals surface area (Å²) in [6.45, 7) is 10.1. The number of nitrogens with one attached hydrogen (secondary N) is 2. The molecule has 1 aliphatic carbocycles. The standard InChI is InChI=1S/C20H32N2O2/c1-14(2)17-8-6-7-9-18(17)21-15-10-12-16(13-11-15)22-19(23)24-20(3,4)5/h6-9,14-16,21H,10-13H2,1-5H3,(H,22,23). The van der Waals surface area contributed by atoms with E-state index in [9.17, 15) is 4.79 Å². The van der Waals surface area contributed by atoms with Gasteiger partial charge in [0.1, 0.15) is 5.60 Å². The summed E-state index contributed by atoms with van der Waals surface area (Å²) in [6, 6.07) is 9.25. The minimum Gasteiger partial charge on any atom is -0.444 e. The first-order valence-corrected chi connectivity index (χ1v) is 9.09. The summed E-state index contributed by atoms with van der Waals surface area (Å²) in [7, 11) is 0. The Bertz CT molecular complexity index is 541. The van der Waals surface area contributed by atoms with E-state index in [1.807, 2.05) is 20.8 Å². The zero-order valence-electron chi connectivity index (χ0n) is 15.7. The number of amides is 1. The van der Waals surface area contributed by atoms with E-state index in [0.717, 1.165) is 25.7 Å². The molecule has 0 atom stereocenters. The van der Waals surface area contributed by atoms with Gasteiger partial charge in [0.25, 0.3) is 0 Å². The van der Waals surface area contributed by atoms with Crippen LogP contribution in [-0.4, -0.2) is 23.8 Å². The fraction of sp³-hybridized carbons (Fsp3) is 0.650. The van der Waals surface area contributed by atoms with Gasteiger partial charge in [-0.05, 0) is 64.0 Å². The van der Waals surface area contributed by atoms with Crippen LogP contribution in [0.4, 0.5) is 10.5 Å². The predicted molar refractivity (Wildman–Crippen MR) is 99.6 cm³/mol. The second-order valence-electron chi connectivity index (χ2n) is 8.08. The molecule has 1 aromatic carbocycles. The maximum absolute atomic E-state index is 11.9. The average molecular weight is 332 g/mol. The Morgan fingerprint density at radius 1 is 1.08 bits per heavy atom. The van der Waals surface area contributed by atoms with Gasteiger partial charge in [-0.1, -0.05) is 32.0 Å². The van der Waals surface area contributed by atoms with Crippen LogP contribution in [0.2, 0.25) is 0 Å². The smallest absolute Gasteiger partial charge is 0.407 e. The van der Waals surface area contributed by atoms with Gasteiger partial charge in [-0.2, -0.15) is 0 Å². The number of carbonyl (C=O) groups excluding carboxylic acids is 1. The molecule has 0 saturated heterocycles. The van der Waals surface area contributed by atoms with Crippen molar-refractivity contribution < 1.29 is 9.53 Å². The van der Waals surface area contributed by atoms with E-state index in [2.05, 4.69) is 48.7 Å². The largest absolute Gasteiger partial charge is 0.444 e. The molecule has 0 spiro atoms. The van der Waals surface area contributed by atoms with E-state index in [0.29, 0.717) is 12.0 Å². The van der Waals surface area contributed by atoms with Crippen molar-refractivity contribution in [2.75, 3.05) is 5.32 Å². The highest BCUT2D eigenvalue weighted by Gasteiger charge is 2.25. The molecular formula is C20H32N2O2. The van der Waals surface area contributed by atoms with Crippen molar-refractivity contribution in [1.82, 2.24) is 5.32 Å². The fourth-order valence-corrected chi connectivity index (χ4v) is 3.21. The van der Waals surface area contributed by atoms with Gasteiger partial charge < -0.3 is 15.4 Å². The normalized spacial score (nSPS) is 21.4. The Balaban J connectivity index is 1.82. The number of para-hydroxylation sites is 1. The molecule has 0 bridgehead atoms. The summed E-state index contributed by atoms with van der Waals surface area (Å²) < 4.78 is 5.34. The SMILES string of the molecule is CC(C)c1ccccc1NC1CCC(NC(=O)OC(C)(C)C)CC1. The Labute approximate surface area is 146 Å². The first-order chi connectivity index (χ1) is 11.2. The quantitative estimate of drug-likeness (QED) is 0.810. The first kappa shape index (κ1) is 18.6. The summed E-state index contributed by atoms with van der Waals surface area (Å²) in [4.78, 5) is 11.9. The second kappa shape index (κ2) is 7.91. The van der Waals surface area contributed by atoms with Crippen LogP contribution in [-0.2, 0) is 4.74 Å². The van der Waals surface area contributed by atoms with Gasteiger partial charge in [0.15, 0.2) is 0 Å². The molecule has 1 saturated carbocycles. The van der Waals surface area contributed by atoms with E-state index in [1.165, 1.54) is 11.3 Å². The molecule has 2 N–H and O–H groups in total. The molecular weight excluding hydrogens is 300 g/mol. The highest BCUT2D eigenvalue weighted by molar-refractivity contribution is 5.68. The number of rotatable bonds is 4. The summed E-state index contributed by atoms with van der Waals surface area (Å²) in [5.41, 5.74) is 2.17. The number of alkyl carbamates (subject to hydrolysis) is 1. The van der Waals surface area contributed by atoms with Gasteiger partial charge in [0.05, 0.1) is 0 Å². The second-order valence-corrected chi connectivity index (χ2v) is 8.08. The molecule has 0 aliphatic heterocycles. The van der Waals surface area contributed by atoms with Crippen LogP contribution in [0.25, 0.3) is 0 Å². The number of hydrogen-bond acceptors (Lipinski definition) is 3. The number of carbonyl (C=O) groups is 1. The van der Waals surface area contributed by atoms with Crippen LogP contribution in [0.15, 0.2) is 24.3 Å². The predicted octanol–water partition coefficient (Wildman–Crippen LogP) is 5.06. The summed E-state index contributed by atoms with van der Waals surface area (Å²) in [6.07, 6.45) is 3.80. The van der Waals surface area contributed by atoms with Crippen LogP contribution < -0.4 is 10.6 Å². The van der Waals surface area contributed by atoms with Gasteiger partial charge in [-0.15, -0.1) is 0 Å². The highest BCUT2D eigenvalue weighted by atomic mass is 16.6. The Hall–Kier alpha value is -1.71. The van der Waals surface area contributed by atoms with Crippen molar-refractivity contribution in [3.8, 4) is 0 Å². The molecule has 0 unspecified atom stereocenters. The molecule has 1 aromatic rings. The first-order valence-electron chi connectivity index (χ1n) is 9.09. The van der Waals surface area contributed by atoms with Crippen LogP contribution in [0.3, 0.4) is 0 Å². The molecule has 2 rings (SSSR count). The lowest BCUT2D eigenvalue weighted by molar-refractivity contribution is 0.0492. The van der Waals surface area contributed by atoms with Gasteiger partial charge in [-0.25, -0.2) is 4.79 Å². The summed E-state index contributed by atoms with van der Waals surface area (Å²) >= 11 is 0. The number of ether oxygens (including phenoxy) is 1. The molecule has 0 aromatic heterocycles. The highest BCUT2D eigenvalue weighted by Crippen LogP contribution is 2.28. The minimum atomic E-state index is -0.441. The van der Waals surface area contributed by atoms with Crippen LogP contribution in [0, 0.1) is 0 Å². The van der Waals surface area contributed by atoms with E-state index >= 15 is 0 Å². The third-order valence-electron chi connectivity index (χ3n) is 4.39. The van der Waals surface area contributed by atoms with Crippen molar-refractivity contribution in [2.45, 2.75) is 83.9 Å². The van der Waals surface area contributed by atoms with E-state index < -0.39 is 5.60 Å². The molecule has 4 heteroatoms. The third kappa shape index (κ3) is 5.73. The minimum absolute atomic E-state index is 0.221. The summed E-state index contributed by atoms with van der Waals surface area (Å²) in [5.74, 6) is 0.513. The van der Waals surface area contributed by atoms with Crippen LogP contribution in [0.5, 0.6) is 0 Å². The lowest BCUT2D eigenvalue weighted by atomic mass is 9.90. The van der Waals surface area contributed by atoms with Gasteiger partial charge in [0.2, 0.25) is 0 Å². The monoisotopic (exact) mass is 332 g/mol. The van der Waals surface area contributed by atoms with Crippen LogP contribution >= 0.6 is 0 Å². The van der Waals surface area contributed by atoms with Gasteiger partial charge >= 0.3 is 6.09 Å². The maximum Gasteiger partial charge on any atom is 0.407 e. The van der Waals surface area contributed by atoms with Crippen molar-refractivity contribution in [3.63, 3.8) is 0 Å². The molecule has 1 fully saturated rings. The molecule has 1 aliphatic rings. The molecule has 24 heavy (non-hydrogen) atoms. The molecule has 134 valence electrons. The fourth-order valence-electron chi connectivity index (χ4n) is 3.21. The van der Waals surface area contributed by atoms with Crippen molar-refractivity contribution in [2.24, 2.45) is 0 Å². The molecule has 1 amide bonds. The topological polar surface area (TPSA) is 50.4 Å². The molecule has 0 radical (unpaired) electrons. The van der Waals surface area contributed by atoms with E-state index in [-0.39, 0.29) is 12.1 Å². The maximum atomic E-state index is 11.9. The number of anilines is 1. The lowest BCUT2D eigenvalue weighted by Crippen LogP contribution is -2.42. The number of benzene rings is 1. The molecule has 4 nitrogen and oxygen atoms in total. The lowest BCUT2D eigenvalue weighted by Gasteiger charge is -2.31. The van der Waals surface area contributed by atoms with E-state index in [4.69, 9.17) is 4.74 Å². The van der Waals surface area contributed by atoms with Crippen molar-refractivity contribution in [1.29, 1.82) is 0 Å². The zero-order valence-corrected chi connectivity index (χ0v) is 15.7. The summed E-state index contributed by atoms with van der Waals surface area (Å²) in [5, 5.41) is 6.70. The molecule has 0 heterocycles.